The van der Waals surface area contributed by atoms with E-state index in [0.29, 0.717) is 32.2 Å². The first-order valence-corrected chi connectivity index (χ1v) is 11.1. The van der Waals surface area contributed by atoms with Crippen molar-refractivity contribution in [2.45, 2.75) is 49.9 Å². The molecular weight excluding hydrogens is 418 g/mol. The molecule has 2 heterocycles. The summed E-state index contributed by atoms with van der Waals surface area (Å²) in [6, 6.07) is 0.0723. The highest BCUT2D eigenvalue weighted by molar-refractivity contribution is 7.87. The van der Waals surface area contributed by atoms with E-state index in [1.165, 1.54) is 19.0 Å². The summed E-state index contributed by atoms with van der Waals surface area (Å²) in [5.74, 6) is -1.51. The zero-order valence-corrected chi connectivity index (χ0v) is 17.5. The monoisotopic (exact) mass is 443 g/mol. The predicted molar refractivity (Wildman–Crippen MR) is 101 cm³/mol. The summed E-state index contributed by atoms with van der Waals surface area (Å²) >= 11 is 0. The Kier molecular flexibility index (Phi) is 6.21. The van der Waals surface area contributed by atoms with E-state index >= 15 is 0 Å². The van der Waals surface area contributed by atoms with Gasteiger partial charge in [-0.05, 0) is 31.6 Å². The number of ether oxygens (including phenoxy) is 1. The van der Waals surface area contributed by atoms with Crippen molar-refractivity contribution >= 4 is 28.1 Å². The maximum Gasteiger partial charge on any atom is 0.408 e. The molecule has 12 nitrogen and oxygen atoms in total. The third kappa shape index (κ3) is 4.07. The van der Waals surface area contributed by atoms with Crippen molar-refractivity contribution in [2.75, 3.05) is 27.2 Å². The van der Waals surface area contributed by atoms with Crippen LogP contribution >= 0.6 is 0 Å². The summed E-state index contributed by atoms with van der Waals surface area (Å²) in [5, 5.41) is 18.9. The molecule has 0 unspecified atom stereocenters. The van der Waals surface area contributed by atoms with Crippen LogP contribution in [0.1, 0.15) is 25.7 Å². The number of carbonyl (C=O) groups excluding carboxylic acids is 2. The molecule has 0 aromatic heterocycles. The van der Waals surface area contributed by atoms with Crippen LogP contribution in [0.4, 0.5) is 4.79 Å². The Bertz CT molecular complexity index is 870. The predicted octanol–water partition coefficient (Wildman–Crippen LogP) is -1.05. The Morgan fingerprint density at radius 1 is 1.30 bits per heavy atom. The van der Waals surface area contributed by atoms with Crippen molar-refractivity contribution in [3.8, 4) is 6.07 Å². The smallest absolute Gasteiger partial charge is 0.408 e. The van der Waals surface area contributed by atoms with Crippen LogP contribution in [-0.2, 0) is 24.5 Å². The number of piperidine rings is 1. The van der Waals surface area contributed by atoms with E-state index in [9.17, 15) is 33.2 Å². The molecule has 1 saturated carbocycles. The molecule has 1 aliphatic carbocycles. The van der Waals surface area contributed by atoms with Gasteiger partial charge < -0.3 is 14.7 Å². The average molecular weight is 443 g/mol. The number of amides is 3. The summed E-state index contributed by atoms with van der Waals surface area (Å²) in [6.07, 6.45) is 0.191. The van der Waals surface area contributed by atoms with Gasteiger partial charge >= 0.3 is 16.3 Å². The zero-order valence-electron chi connectivity index (χ0n) is 16.7. The van der Waals surface area contributed by atoms with E-state index in [2.05, 4.69) is 6.07 Å². The Morgan fingerprint density at radius 2 is 2.00 bits per heavy atom. The van der Waals surface area contributed by atoms with Crippen LogP contribution in [0.25, 0.3) is 0 Å². The molecule has 3 fully saturated rings. The van der Waals surface area contributed by atoms with Gasteiger partial charge in [0.2, 0.25) is 5.91 Å². The number of fused-ring (bicyclic) bond motifs is 2. The van der Waals surface area contributed by atoms with Crippen LogP contribution in [0.3, 0.4) is 0 Å². The molecule has 5 atom stereocenters. The first-order valence-electron chi connectivity index (χ1n) is 9.63. The van der Waals surface area contributed by atoms with Gasteiger partial charge in [0.25, 0.3) is 5.91 Å². The molecule has 2 aliphatic heterocycles. The Labute approximate surface area is 174 Å². The van der Waals surface area contributed by atoms with Gasteiger partial charge in [0.05, 0.1) is 18.2 Å². The standard InChI is InChI=1S/C17H25N5O7S/c1-20(2)30(27,28)19-14(23)9-29-13-7-10-6-12(13)22(17(25)26)15(10)16(24)21-5-3-4-11(21)8-18/h10-13,15H,3-7,9H2,1-2H3,(H,19,23)(H,25,26)/t10-,11-,12+,13+,15-/m0/s1. The topological polar surface area (TPSA) is 160 Å². The minimum atomic E-state index is -3.94. The summed E-state index contributed by atoms with van der Waals surface area (Å²) < 4.78 is 31.6. The normalized spacial score (nSPS) is 30.5. The first kappa shape index (κ1) is 22.3. The lowest BCUT2D eigenvalue weighted by molar-refractivity contribution is -0.141. The SMILES string of the molecule is CN(C)S(=O)(=O)NC(=O)CO[C@@H]1C[C@@H]2C[C@H]1N(C(=O)O)[C@@H]2C(=O)N1CCC[C@H]1C#N. The van der Waals surface area contributed by atoms with Gasteiger partial charge in [0.15, 0.2) is 0 Å². The molecular formula is C17H25N5O7S. The quantitative estimate of drug-likeness (QED) is 0.526. The molecule has 0 aromatic rings. The Hall–Kier alpha value is -2.43. The second kappa shape index (κ2) is 8.37. The van der Waals surface area contributed by atoms with Gasteiger partial charge in [0, 0.05) is 20.6 Å². The van der Waals surface area contributed by atoms with Crippen LogP contribution in [-0.4, -0.2) is 97.0 Å². The summed E-state index contributed by atoms with van der Waals surface area (Å²) in [5.41, 5.74) is 0. The number of hydrogen-bond donors (Lipinski definition) is 2. The Morgan fingerprint density at radius 3 is 2.60 bits per heavy atom. The van der Waals surface area contributed by atoms with E-state index in [-0.39, 0.29) is 11.8 Å². The molecule has 0 radical (unpaired) electrons. The van der Waals surface area contributed by atoms with Gasteiger partial charge in [-0.1, -0.05) is 0 Å². The number of nitriles is 1. The molecule has 0 aromatic carbocycles. The first-order chi connectivity index (χ1) is 14.1. The molecule has 2 bridgehead atoms. The van der Waals surface area contributed by atoms with Crippen LogP contribution in [0.15, 0.2) is 0 Å². The molecule has 3 rings (SSSR count). The van der Waals surface area contributed by atoms with Crippen molar-refractivity contribution in [3.63, 3.8) is 0 Å². The van der Waals surface area contributed by atoms with Gasteiger partial charge in [0.1, 0.15) is 18.7 Å². The largest absolute Gasteiger partial charge is 0.465 e. The molecule has 30 heavy (non-hydrogen) atoms. The van der Waals surface area contributed by atoms with Crippen molar-refractivity contribution in [1.29, 1.82) is 5.26 Å². The number of nitrogens with zero attached hydrogens (tertiary/aromatic N) is 4. The third-order valence-electron chi connectivity index (χ3n) is 5.92. The van der Waals surface area contributed by atoms with Crippen LogP contribution in [0.2, 0.25) is 0 Å². The number of carboxylic acid groups (broad SMARTS) is 1. The van der Waals surface area contributed by atoms with E-state index in [1.54, 1.807) is 0 Å². The lowest BCUT2D eigenvalue weighted by Crippen LogP contribution is -2.57. The minimum Gasteiger partial charge on any atom is -0.465 e. The highest BCUT2D eigenvalue weighted by atomic mass is 32.2. The molecule has 166 valence electrons. The molecule has 2 N–H and O–H groups in total. The third-order valence-corrected chi connectivity index (χ3v) is 7.37. The van der Waals surface area contributed by atoms with Crippen molar-refractivity contribution in [2.24, 2.45) is 5.92 Å². The molecule has 3 amide bonds. The number of likely N-dealkylation sites (tertiary alicyclic amines) is 2. The second-order valence-corrected chi connectivity index (χ2v) is 9.80. The molecule has 3 aliphatic rings. The summed E-state index contributed by atoms with van der Waals surface area (Å²) in [4.78, 5) is 39.3. The maximum atomic E-state index is 13.0. The van der Waals surface area contributed by atoms with E-state index in [1.807, 2.05) is 4.72 Å². The molecule has 13 heteroatoms. The number of rotatable bonds is 6. The highest BCUT2D eigenvalue weighted by Crippen LogP contribution is 2.45. The number of hydrogen-bond acceptors (Lipinski definition) is 7. The lowest BCUT2D eigenvalue weighted by atomic mass is 9.96. The van der Waals surface area contributed by atoms with E-state index in [4.69, 9.17) is 4.74 Å². The van der Waals surface area contributed by atoms with Crippen molar-refractivity contribution in [1.82, 2.24) is 18.8 Å². The second-order valence-electron chi connectivity index (χ2n) is 7.91. The number of carbonyl (C=O) groups is 3. The zero-order chi connectivity index (χ0) is 22.2. The fourth-order valence-electron chi connectivity index (χ4n) is 4.54. The highest BCUT2D eigenvalue weighted by Gasteiger charge is 2.58. The lowest BCUT2D eigenvalue weighted by Gasteiger charge is -2.38. The van der Waals surface area contributed by atoms with Crippen LogP contribution < -0.4 is 4.72 Å². The fourth-order valence-corrected chi connectivity index (χ4v) is 5.07. The van der Waals surface area contributed by atoms with Crippen LogP contribution in [0.5, 0.6) is 0 Å². The summed E-state index contributed by atoms with van der Waals surface area (Å²) in [7, 11) is -1.40. The molecule has 0 spiro atoms. The molecule has 2 saturated heterocycles. The van der Waals surface area contributed by atoms with Crippen LogP contribution in [0, 0.1) is 17.2 Å². The van der Waals surface area contributed by atoms with Gasteiger partial charge in [-0.3, -0.25) is 14.5 Å². The van der Waals surface area contributed by atoms with E-state index in [0.717, 1.165) is 9.21 Å². The van der Waals surface area contributed by atoms with Gasteiger partial charge in [-0.2, -0.15) is 18.0 Å². The van der Waals surface area contributed by atoms with Crippen molar-refractivity contribution in [3.05, 3.63) is 0 Å². The minimum absolute atomic E-state index is 0.280. The Balaban J connectivity index is 1.64. The maximum absolute atomic E-state index is 13.0. The number of nitrogens with one attached hydrogen (secondary N) is 1. The van der Waals surface area contributed by atoms with Gasteiger partial charge in [-0.15, -0.1) is 0 Å². The average Bonchev–Trinajstić information content (AvgIpc) is 3.38. The van der Waals surface area contributed by atoms with Crippen molar-refractivity contribution < 1.29 is 32.6 Å². The fraction of sp³-hybridized carbons (Fsp3) is 0.765. The van der Waals surface area contributed by atoms with E-state index < -0.39 is 53.0 Å². The summed E-state index contributed by atoms with van der Waals surface area (Å²) in [6.45, 7) is -0.117. The van der Waals surface area contributed by atoms with Gasteiger partial charge in [-0.25, -0.2) is 9.52 Å².